The lowest BCUT2D eigenvalue weighted by Crippen LogP contribution is -2.53. The van der Waals surface area contributed by atoms with Crippen molar-refractivity contribution in [2.24, 2.45) is 0 Å². The molecule has 1 aromatic rings. The Morgan fingerprint density at radius 3 is 2.65 bits per heavy atom. The minimum atomic E-state index is -0.304. The summed E-state index contributed by atoms with van der Waals surface area (Å²) in [7, 11) is 0. The molecule has 1 atom stereocenters. The number of hydrogen-bond acceptors (Lipinski definition) is 2. The Morgan fingerprint density at radius 2 is 2.00 bits per heavy atom. The smallest absolute Gasteiger partial charge is 0.230 e. The molecule has 3 rings (SSSR count). The zero-order valence-electron chi connectivity index (χ0n) is 14.1. The molecule has 2 N–H and O–H groups in total. The summed E-state index contributed by atoms with van der Waals surface area (Å²) >= 11 is 0. The molecular weight excluding hydrogens is 308 g/mol. The first kappa shape index (κ1) is 18.3. The van der Waals surface area contributed by atoms with Crippen LogP contribution in [0.25, 0.3) is 0 Å². The molecule has 23 heavy (non-hydrogen) atoms. The van der Waals surface area contributed by atoms with Gasteiger partial charge in [-0.3, -0.25) is 4.79 Å². The van der Waals surface area contributed by atoms with Crippen molar-refractivity contribution in [2.75, 3.05) is 13.1 Å². The van der Waals surface area contributed by atoms with Crippen LogP contribution in [0.15, 0.2) is 24.3 Å². The Labute approximate surface area is 146 Å². The number of piperidine rings is 1. The molecule has 1 amide bonds. The highest BCUT2D eigenvalue weighted by molar-refractivity contribution is 5.88. The van der Waals surface area contributed by atoms with Gasteiger partial charge in [0.1, 0.15) is 0 Å². The van der Waals surface area contributed by atoms with Crippen molar-refractivity contribution in [1.29, 1.82) is 0 Å². The third-order valence-corrected chi connectivity index (χ3v) is 5.34. The summed E-state index contributed by atoms with van der Waals surface area (Å²) in [4.78, 5) is 13.2. The number of nitrogens with one attached hydrogen (secondary N) is 2. The molecule has 2 aliphatic rings. The molecule has 4 heteroatoms. The molecule has 1 saturated heterocycles. The highest BCUT2D eigenvalue weighted by atomic mass is 35.5. The van der Waals surface area contributed by atoms with E-state index in [-0.39, 0.29) is 23.7 Å². The van der Waals surface area contributed by atoms with E-state index in [0.29, 0.717) is 6.04 Å². The zero-order valence-corrected chi connectivity index (χ0v) is 14.9. The van der Waals surface area contributed by atoms with E-state index in [0.717, 1.165) is 51.6 Å². The van der Waals surface area contributed by atoms with Gasteiger partial charge >= 0.3 is 0 Å². The number of aryl methyl sites for hydroxylation is 1. The minimum Gasteiger partial charge on any atom is -0.351 e. The van der Waals surface area contributed by atoms with Crippen LogP contribution < -0.4 is 10.6 Å². The average Bonchev–Trinajstić information content (AvgIpc) is 2.56. The number of benzene rings is 1. The summed E-state index contributed by atoms with van der Waals surface area (Å²) in [6.45, 7) is 4.11. The molecular formula is C19H29ClN2O. The third kappa shape index (κ3) is 4.07. The maximum atomic E-state index is 13.2. The van der Waals surface area contributed by atoms with Crippen molar-refractivity contribution >= 4 is 18.3 Å². The number of rotatable bonds is 3. The van der Waals surface area contributed by atoms with Crippen LogP contribution in [0.1, 0.15) is 56.1 Å². The predicted molar refractivity (Wildman–Crippen MR) is 97.2 cm³/mol. The maximum absolute atomic E-state index is 13.2. The van der Waals surface area contributed by atoms with E-state index < -0.39 is 0 Å². The van der Waals surface area contributed by atoms with Gasteiger partial charge in [-0.15, -0.1) is 12.4 Å². The minimum absolute atomic E-state index is 0. The lowest BCUT2D eigenvalue weighted by Gasteiger charge is -2.38. The Bertz CT molecular complexity index is 520. The lowest BCUT2D eigenvalue weighted by atomic mass is 9.68. The van der Waals surface area contributed by atoms with Crippen molar-refractivity contribution < 1.29 is 4.79 Å². The molecule has 1 heterocycles. The fraction of sp³-hybridized carbons (Fsp3) is 0.632. The van der Waals surface area contributed by atoms with Crippen molar-refractivity contribution in [1.82, 2.24) is 10.6 Å². The monoisotopic (exact) mass is 336 g/mol. The summed E-state index contributed by atoms with van der Waals surface area (Å²) in [6.07, 6.45) is 7.80. The fourth-order valence-electron chi connectivity index (χ4n) is 4.04. The molecule has 0 spiro atoms. The van der Waals surface area contributed by atoms with Crippen molar-refractivity contribution in [3.8, 4) is 0 Å². The van der Waals surface area contributed by atoms with Gasteiger partial charge in [-0.05, 0) is 44.7 Å². The molecule has 2 fully saturated rings. The molecule has 1 aliphatic carbocycles. The van der Waals surface area contributed by atoms with E-state index in [1.54, 1.807) is 0 Å². The number of halogens is 1. The molecule has 0 radical (unpaired) electrons. The Hall–Kier alpha value is -1.06. The first-order valence-electron chi connectivity index (χ1n) is 8.79. The first-order chi connectivity index (χ1) is 10.7. The molecule has 1 aromatic carbocycles. The summed E-state index contributed by atoms with van der Waals surface area (Å²) in [5.41, 5.74) is 2.16. The highest BCUT2D eigenvalue weighted by Crippen LogP contribution is 2.40. The second-order valence-corrected chi connectivity index (χ2v) is 7.03. The SMILES string of the molecule is Cc1cccc(C2(C(=O)N[C@H]3CCCNC3)CCCCC2)c1.Cl. The molecule has 3 nitrogen and oxygen atoms in total. The summed E-state index contributed by atoms with van der Waals surface area (Å²) in [5, 5.41) is 6.74. The molecule has 1 aliphatic heterocycles. The zero-order chi connectivity index (χ0) is 15.4. The fourth-order valence-corrected chi connectivity index (χ4v) is 4.04. The van der Waals surface area contributed by atoms with Crippen LogP contribution in [0.3, 0.4) is 0 Å². The topological polar surface area (TPSA) is 41.1 Å². The average molecular weight is 337 g/mol. The van der Waals surface area contributed by atoms with Crippen LogP contribution in [0.5, 0.6) is 0 Å². The van der Waals surface area contributed by atoms with Crippen LogP contribution in [-0.4, -0.2) is 25.0 Å². The highest BCUT2D eigenvalue weighted by Gasteiger charge is 2.41. The Morgan fingerprint density at radius 1 is 1.22 bits per heavy atom. The number of carbonyl (C=O) groups is 1. The summed E-state index contributed by atoms with van der Waals surface area (Å²) in [6, 6.07) is 8.87. The van der Waals surface area contributed by atoms with Gasteiger partial charge in [0.2, 0.25) is 5.91 Å². The number of amides is 1. The van der Waals surface area contributed by atoms with Crippen molar-refractivity contribution in [2.45, 2.75) is 63.3 Å². The van der Waals surface area contributed by atoms with Gasteiger partial charge in [0.25, 0.3) is 0 Å². The normalized spacial score (nSPS) is 23.6. The van der Waals surface area contributed by atoms with Gasteiger partial charge in [0, 0.05) is 12.6 Å². The Kier molecular flexibility index (Phi) is 6.49. The van der Waals surface area contributed by atoms with E-state index >= 15 is 0 Å². The summed E-state index contributed by atoms with van der Waals surface area (Å²) < 4.78 is 0. The molecule has 0 bridgehead atoms. The molecule has 128 valence electrons. The van der Waals surface area contributed by atoms with E-state index in [1.807, 2.05) is 0 Å². The van der Waals surface area contributed by atoms with E-state index in [4.69, 9.17) is 0 Å². The third-order valence-electron chi connectivity index (χ3n) is 5.34. The van der Waals surface area contributed by atoms with Gasteiger partial charge in [-0.1, -0.05) is 49.1 Å². The second kappa shape index (κ2) is 8.16. The molecule has 1 saturated carbocycles. The van der Waals surface area contributed by atoms with Gasteiger partial charge < -0.3 is 10.6 Å². The van der Waals surface area contributed by atoms with E-state index in [1.165, 1.54) is 17.5 Å². The number of carbonyl (C=O) groups excluding carboxylic acids is 1. The molecule has 0 aromatic heterocycles. The van der Waals surface area contributed by atoms with Crippen molar-refractivity contribution in [3.05, 3.63) is 35.4 Å². The number of hydrogen-bond donors (Lipinski definition) is 2. The van der Waals surface area contributed by atoms with Crippen LogP contribution in [0, 0.1) is 6.92 Å². The predicted octanol–water partition coefficient (Wildman–Crippen LogP) is 3.49. The molecule has 0 unspecified atom stereocenters. The largest absolute Gasteiger partial charge is 0.351 e. The van der Waals surface area contributed by atoms with Crippen LogP contribution in [-0.2, 0) is 10.2 Å². The van der Waals surface area contributed by atoms with Crippen LogP contribution >= 0.6 is 12.4 Å². The second-order valence-electron chi connectivity index (χ2n) is 7.03. The lowest BCUT2D eigenvalue weighted by molar-refractivity contribution is -0.129. The van der Waals surface area contributed by atoms with Gasteiger partial charge in [-0.25, -0.2) is 0 Å². The van der Waals surface area contributed by atoms with Crippen LogP contribution in [0.2, 0.25) is 0 Å². The summed E-state index contributed by atoms with van der Waals surface area (Å²) in [5.74, 6) is 0.256. The van der Waals surface area contributed by atoms with E-state index in [2.05, 4.69) is 41.8 Å². The van der Waals surface area contributed by atoms with Crippen molar-refractivity contribution in [3.63, 3.8) is 0 Å². The van der Waals surface area contributed by atoms with Crippen LogP contribution in [0.4, 0.5) is 0 Å². The Balaban J connectivity index is 0.00000192. The maximum Gasteiger partial charge on any atom is 0.230 e. The quantitative estimate of drug-likeness (QED) is 0.887. The van der Waals surface area contributed by atoms with Gasteiger partial charge in [0.15, 0.2) is 0 Å². The van der Waals surface area contributed by atoms with Gasteiger partial charge in [0.05, 0.1) is 5.41 Å². The van der Waals surface area contributed by atoms with E-state index in [9.17, 15) is 4.79 Å². The first-order valence-corrected chi connectivity index (χ1v) is 8.79. The standard InChI is InChI=1S/C19H28N2O.ClH/c1-15-7-5-8-16(13-15)19(10-3-2-4-11-19)18(22)21-17-9-6-12-20-14-17;/h5,7-8,13,17,20H,2-4,6,9-12,14H2,1H3,(H,21,22);1H/t17-;/m0./s1. The van der Waals surface area contributed by atoms with Gasteiger partial charge in [-0.2, -0.15) is 0 Å².